The molecule has 3 nitrogen and oxygen atoms in total. The van der Waals surface area contributed by atoms with Crippen molar-refractivity contribution < 1.29 is 8.76 Å². The summed E-state index contributed by atoms with van der Waals surface area (Å²) in [7, 11) is 0. The van der Waals surface area contributed by atoms with Gasteiger partial charge in [-0.25, -0.2) is 0 Å². The van der Waals surface area contributed by atoms with Crippen molar-refractivity contribution in [3.8, 4) is 0 Å². The number of thioether (sulfide) groups is 1. The van der Waals surface area contributed by atoms with Crippen LogP contribution >= 0.6 is 23.4 Å². The van der Waals surface area contributed by atoms with Crippen LogP contribution in [-0.2, 0) is 11.1 Å². The van der Waals surface area contributed by atoms with Crippen molar-refractivity contribution in [1.29, 1.82) is 0 Å². The fourth-order valence-corrected chi connectivity index (χ4v) is 2.89. The fourth-order valence-electron chi connectivity index (χ4n) is 0.646. The van der Waals surface area contributed by atoms with Gasteiger partial charge in [-0.2, -0.15) is 0 Å². The first-order valence-electron chi connectivity index (χ1n) is 2.59. The van der Waals surface area contributed by atoms with E-state index in [1.165, 1.54) is 0 Å². The Bertz CT molecular complexity index is 196. The van der Waals surface area contributed by atoms with Crippen molar-refractivity contribution >= 4 is 38.9 Å². The Labute approximate surface area is 70.5 Å². The Morgan fingerprint density at radius 3 is 2.70 bits per heavy atom. The molecule has 58 valence electrons. The van der Waals surface area contributed by atoms with Crippen LogP contribution in [-0.4, -0.2) is 23.9 Å². The molecule has 0 aromatic heterocycles. The first kappa shape index (κ1) is 8.52. The molecular formula is C4H5ClNO2S2-. The van der Waals surface area contributed by atoms with Crippen LogP contribution in [0.2, 0.25) is 0 Å². The first-order chi connectivity index (χ1) is 4.61. The van der Waals surface area contributed by atoms with Crippen molar-refractivity contribution in [1.82, 2.24) is 0 Å². The maximum Gasteiger partial charge on any atom is 0.159 e. The van der Waals surface area contributed by atoms with Gasteiger partial charge in [0.25, 0.3) is 0 Å². The zero-order valence-electron chi connectivity index (χ0n) is 5.11. The molecule has 0 saturated carbocycles. The highest BCUT2D eigenvalue weighted by molar-refractivity contribution is 8.23. The molecule has 0 aromatic rings. The van der Waals surface area contributed by atoms with Crippen LogP contribution in [0.15, 0.2) is 4.99 Å². The number of halogens is 1. The van der Waals surface area contributed by atoms with Crippen LogP contribution in [0.3, 0.4) is 0 Å². The van der Waals surface area contributed by atoms with Crippen LogP contribution in [0.4, 0.5) is 0 Å². The lowest BCUT2D eigenvalue weighted by molar-refractivity contribution is 0.529. The summed E-state index contributed by atoms with van der Waals surface area (Å²) < 4.78 is 20.7. The minimum absolute atomic E-state index is 0.212. The Kier molecular flexibility index (Phi) is 2.74. The molecule has 1 rings (SSSR count). The summed E-state index contributed by atoms with van der Waals surface area (Å²) in [6.45, 7) is 1.73. The summed E-state index contributed by atoms with van der Waals surface area (Å²) in [5.41, 5.74) is 0. The average Bonchev–Trinajstić information content (AvgIpc) is 2.10. The summed E-state index contributed by atoms with van der Waals surface area (Å²) in [4.78, 5) is 3.84. The zero-order chi connectivity index (χ0) is 7.72. The lowest BCUT2D eigenvalue weighted by Crippen LogP contribution is -2.18. The monoisotopic (exact) mass is 198 g/mol. The Balaban J connectivity index is 2.63. The average molecular weight is 199 g/mol. The minimum Gasteiger partial charge on any atom is -0.771 e. The Hall–Kier alpha value is 0.420. The molecule has 3 unspecified atom stereocenters. The molecule has 0 N–H and O–H groups in total. The molecule has 10 heavy (non-hydrogen) atoms. The molecule has 0 aliphatic carbocycles. The summed E-state index contributed by atoms with van der Waals surface area (Å²) in [5.74, 6) is 0. The van der Waals surface area contributed by atoms with Gasteiger partial charge >= 0.3 is 0 Å². The molecule has 0 radical (unpaired) electrons. The lowest BCUT2D eigenvalue weighted by atomic mass is 10.4. The largest absolute Gasteiger partial charge is 0.771 e. The van der Waals surface area contributed by atoms with E-state index in [2.05, 4.69) is 4.99 Å². The third kappa shape index (κ3) is 1.72. The van der Waals surface area contributed by atoms with Crippen LogP contribution in [0.1, 0.15) is 6.92 Å². The standard InChI is InChI=1S/C4H6ClNO2S2/c1-2-3(10(7)8)9-4(5)6-2/h2-3H,1H3,(H,7,8)/p-1. The molecule has 1 aliphatic heterocycles. The smallest absolute Gasteiger partial charge is 0.159 e. The summed E-state index contributed by atoms with van der Waals surface area (Å²) in [6, 6.07) is -0.212. The van der Waals surface area contributed by atoms with E-state index in [4.69, 9.17) is 11.6 Å². The second kappa shape index (κ2) is 3.21. The summed E-state index contributed by atoms with van der Waals surface area (Å²) >= 11 is 4.49. The predicted octanol–water partition coefficient (Wildman–Crippen LogP) is 0.922. The van der Waals surface area contributed by atoms with E-state index in [0.717, 1.165) is 11.8 Å². The van der Waals surface area contributed by atoms with Crippen molar-refractivity contribution in [3.63, 3.8) is 0 Å². The highest BCUT2D eigenvalue weighted by Gasteiger charge is 2.26. The molecule has 0 fully saturated rings. The molecule has 3 atom stereocenters. The number of hydrogen-bond donors (Lipinski definition) is 0. The highest BCUT2D eigenvalue weighted by Crippen LogP contribution is 2.30. The van der Waals surface area contributed by atoms with Gasteiger partial charge in [0, 0.05) is 0 Å². The van der Waals surface area contributed by atoms with Crippen molar-refractivity contribution in [3.05, 3.63) is 0 Å². The zero-order valence-corrected chi connectivity index (χ0v) is 7.50. The summed E-state index contributed by atoms with van der Waals surface area (Å²) in [5, 5.41) is 0. The Morgan fingerprint density at radius 2 is 2.50 bits per heavy atom. The second-order valence-corrected chi connectivity index (χ2v) is 4.91. The maximum atomic E-state index is 10.4. The molecule has 6 heteroatoms. The normalized spacial score (nSPS) is 35.7. The summed E-state index contributed by atoms with van der Waals surface area (Å²) in [6.07, 6.45) is 0. The quantitative estimate of drug-likeness (QED) is 0.589. The van der Waals surface area contributed by atoms with E-state index in [1.54, 1.807) is 6.92 Å². The van der Waals surface area contributed by atoms with Gasteiger partial charge in [-0.15, -0.1) is 0 Å². The van der Waals surface area contributed by atoms with Gasteiger partial charge < -0.3 is 4.55 Å². The van der Waals surface area contributed by atoms with E-state index in [1.807, 2.05) is 0 Å². The molecule has 0 spiro atoms. The topological polar surface area (TPSA) is 52.5 Å². The minimum atomic E-state index is -2.08. The molecule has 0 amide bonds. The molecule has 1 aliphatic rings. The molecule has 0 aromatic carbocycles. The van der Waals surface area contributed by atoms with Gasteiger partial charge in [0.15, 0.2) is 4.50 Å². The van der Waals surface area contributed by atoms with Crippen molar-refractivity contribution in [2.75, 3.05) is 0 Å². The Morgan fingerprint density at radius 1 is 1.90 bits per heavy atom. The number of aliphatic imine (C=N–C) groups is 1. The van der Waals surface area contributed by atoms with E-state index in [-0.39, 0.29) is 6.04 Å². The van der Waals surface area contributed by atoms with E-state index in [9.17, 15) is 8.76 Å². The van der Waals surface area contributed by atoms with Gasteiger partial charge in [-0.1, -0.05) is 23.4 Å². The van der Waals surface area contributed by atoms with Crippen molar-refractivity contribution in [2.45, 2.75) is 17.5 Å². The molecule has 0 saturated heterocycles. The number of rotatable bonds is 1. The highest BCUT2D eigenvalue weighted by atomic mass is 35.5. The number of hydrogen-bond acceptors (Lipinski definition) is 4. The van der Waals surface area contributed by atoms with Gasteiger partial charge in [0.2, 0.25) is 0 Å². The fraction of sp³-hybridized carbons (Fsp3) is 0.750. The number of nitrogens with zero attached hydrogens (tertiary/aromatic N) is 1. The third-order valence-corrected chi connectivity index (χ3v) is 3.93. The third-order valence-electron chi connectivity index (χ3n) is 1.10. The first-order valence-corrected chi connectivity index (χ1v) is 4.99. The predicted molar refractivity (Wildman–Crippen MR) is 43.0 cm³/mol. The van der Waals surface area contributed by atoms with E-state index in [0.29, 0.717) is 4.50 Å². The van der Waals surface area contributed by atoms with Gasteiger partial charge in [0.1, 0.15) is 0 Å². The molecule has 1 heterocycles. The van der Waals surface area contributed by atoms with Crippen LogP contribution in [0, 0.1) is 0 Å². The van der Waals surface area contributed by atoms with E-state index < -0.39 is 15.7 Å². The SMILES string of the molecule is CC1N=C(Cl)SC1S(=O)[O-]. The maximum absolute atomic E-state index is 10.4. The molecular weight excluding hydrogens is 194 g/mol. The van der Waals surface area contributed by atoms with Crippen LogP contribution in [0.25, 0.3) is 0 Å². The van der Waals surface area contributed by atoms with Gasteiger partial charge in [-0.05, 0) is 18.0 Å². The lowest BCUT2D eigenvalue weighted by Gasteiger charge is -2.14. The van der Waals surface area contributed by atoms with Crippen LogP contribution in [0.5, 0.6) is 0 Å². The van der Waals surface area contributed by atoms with Gasteiger partial charge in [0.05, 0.1) is 10.6 Å². The second-order valence-electron chi connectivity index (χ2n) is 1.87. The van der Waals surface area contributed by atoms with Crippen LogP contribution < -0.4 is 0 Å². The van der Waals surface area contributed by atoms with E-state index >= 15 is 0 Å². The van der Waals surface area contributed by atoms with Gasteiger partial charge in [-0.3, -0.25) is 9.20 Å². The van der Waals surface area contributed by atoms with Crippen molar-refractivity contribution in [2.24, 2.45) is 4.99 Å². The molecule has 0 bridgehead atoms.